The maximum absolute atomic E-state index is 10.9. The average molecular weight is 396 g/mol. The van der Waals surface area contributed by atoms with Crippen LogP contribution in [-0.4, -0.2) is 34.1 Å². The van der Waals surface area contributed by atoms with E-state index >= 15 is 0 Å². The molecule has 1 rings (SSSR count). The first-order valence-corrected chi connectivity index (χ1v) is 13.1. The topological polar surface area (TPSA) is 96.4 Å². The number of hydrogen-bond acceptors (Lipinski definition) is 5. The number of sulfonamides is 1. The van der Waals surface area contributed by atoms with E-state index in [0.717, 1.165) is 32.1 Å². The Morgan fingerprint density at radius 1 is 0.840 bits per heavy atom. The van der Waals surface area contributed by atoms with Gasteiger partial charge < -0.3 is 0 Å². The summed E-state index contributed by atoms with van der Waals surface area (Å²) in [5.41, 5.74) is 0. The summed E-state index contributed by atoms with van der Waals surface area (Å²) in [4.78, 5) is 0. The van der Waals surface area contributed by atoms with E-state index in [1.54, 1.807) is 0 Å². The minimum absolute atomic E-state index is 0.363. The van der Waals surface area contributed by atoms with E-state index in [1.165, 1.54) is 44.8 Å². The highest BCUT2D eigenvalue weighted by Gasteiger charge is 2.37. The zero-order valence-electron chi connectivity index (χ0n) is 15.8. The van der Waals surface area contributed by atoms with Crippen LogP contribution >= 0.6 is 0 Å². The van der Waals surface area contributed by atoms with E-state index in [1.807, 2.05) is 0 Å². The Morgan fingerprint density at radius 3 is 1.76 bits per heavy atom. The molecular weight excluding hydrogens is 360 g/mol. The molecule has 0 amide bonds. The van der Waals surface area contributed by atoms with Gasteiger partial charge in [-0.15, -0.1) is 8.42 Å². The van der Waals surface area contributed by atoms with Crippen molar-refractivity contribution in [2.75, 3.05) is 12.0 Å². The molecule has 0 N–H and O–H groups in total. The van der Waals surface area contributed by atoms with Crippen molar-refractivity contribution >= 4 is 19.9 Å². The summed E-state index contributed by atoms with van der Waals surface area (Å²) in [5, 5.41) is 7.75. The van der Waals surface area contributed by atoms with Crippen LogP contribution in [-0.2, 0) is 19.9 Å². The molecule has 8 heteroatoms. The van der Waals surface area contributed by atoms with Gasteiger partial charge in [-0.1, -0.05) is 71.1 Å². The summed E-state index contributed by atoms with van der Waals surface area (Å²) < 4.78 is 45.9. The predicted molar refractivity (Wildman–Crippen MR) is 103 cm³/mol. The SMILES string of the molecule is CCCCCCCCCCS(C)(=O)=O.N#[N+]S(=O)(=O)C1CCCCC1. The third-order valence-corrected chi connectivity index (χ3v) is 7.03. The first-order valence-electron chi connectivity index (χ1n) is 9.51. The number of nitrogens with zero attached hydrogens (tertiary/aromatic N) is 2. The highest BCUT2D eigenvalue weighted by Crippen LogP contribution is 2.24. The molecule has 0 spiro atoms. The number of diazo groups is 1. The van der Waals surface area contributed by atoms with Gasteiger partial charge in [-0.3, -0.25) is 0 Å². The molecule has 0 radical (unpaired) electrons. The smallest absolute Gasteiger partial charge is 0.229 e. The van der Waals surface area contributed by atoms with E-state index in [9.17, 15) is 16.8 Å². The van der Waals surface area contributed by atoms with Gasteiger partial charge in [0, 0.05) is 12.0 Å². The molecule has 25 heavy (non-hydrogen) atoms. The Morgan fingerprint density at radius 2 is 1.32 bits per heavy atom. The van der Waals surface area contributed by atoms with Crippen molar-refractivity contribution in [3.05, 3.63) is 4.38 Å². The second-order valence-corrected chi connectivity index (χ2v) is 11.1. The van der Waals surface area contributed by atoms with Gasteiger partial charge in [-0.25, -0.2) is 8.42 Å². The molecule has 0 aromatic rings. The van der Waals surface area contributed by atoms with Gasteiger partial charge >= 0.3 is 10.0 Å². The van der Waals surface area contributed by atoms with Crippen molar-refractivity contribution in [3.63, 3.8) is 0 Å². The van der Waals surface area contributed by atoms with Crippen LogP contribution in [0.5, 0.6) is 0 Å². The second kappa shape index (κ2) is 13.5. The maximum atomic E-state index is 10.9. The van der Waals surface area contributed by atoms with Gasteiger partial charge in [0.1, 0.15) is 15.1 Å². The van der Waals surface area contributed by atoms with Crippen molar-refractivity contribution in [1.29, 1.82) is 5.39 Å². The first-order chi connectivity index (χ1) is 11.7. The fraction of sp³-hybridized carbons (Fsp3) is 1.00. The quantitative estimate of drug-likeness (QED) is 0.395. The first kappa shape index (κ1) is 24.3. The molecule has 0 aromatic heterocycles. The van der Waals surface area contributed by atoms with E-state index in [0.29, 0.717) is 18.6 Å². The molecule has 0 heterocycles. The Labute approximate surface area is 154 Å². The van der Waals surface area contributed by atoms with Gasteiger partial charge in [0.25, 0.3) is 4.38 Å². The van der Waals surface area contributed by atoms with E-state index < -0.39 is 25.1 Å². The van der Waals surface area contributed by atoms with Gasteiger partial charge in [-0.05, 0) is 19.3 Å². The van der Waals surface area contributed by atoms with Crippen molar-refractivity contribution in [1.82, 2.24) is 0 Å². The van der Waals surface area contributed by atoms with Crippen LogP contribution in [0.25, 0.3) is 4.38 Å². The number of hydrogen-bond donors (Lipinski definition) is 0. The molecular formula is C17H35N2O4S2+. The fourth-order valence-electron chi connectivity index (χ4n) is 2.93. The lowest BCUT2D eigenvalue weighted by Crippen LogP contribution is -2.20. The predicted octanol–water partition coefficient (Wildman–Crippen LogP) is 4.67. The zero-order valence-corrected chi connectivity index (χ0v) is 17.5. The minimum Gasteiger partial charge on any atom is -0.229 e. The van der Waals surface area contributed by atoms with Crippen molar-refractivity contribution in [3.8, 4) is 0 Å². The summed E-state index contributed by atoms with van der Waals surface area (Å²) in [7, 11) is -6.27. The van der Waals surface area contributed by atoms with Gasteiger partial charge in [-0.2, -0.15) is 0 Å². The standard InChI is InChI=1S/C11H24O2S.C6H11N2O2S/c1-3-4-5-6-7-8-9-10-11-14(2,12)13;7-8-11(9,10)6-4-2-1-3-5-6/h3-11H2,1-2H3;6H,1-5H2/q;+1. The van der Waals surface area contributed by atoms with Crippen LogP contribution in [0.2, 0.25) is 0 Å². The maximum Gasteiger partial charge on any atom is 0.523 e. The number of sulfone groups is 1. The molecule has 1 saturated carbocycles. The van der Waals surface area contributed by atoms with E-state index in [4.69, 9.17) is 5.39 Å². The Bertz CT molecular complexity index is 574. The summed E-state index contributed by atoms with van der Waals surface area (Å²) in [5.74, 6) is 0.363. The minimum atomic E-state index is -3.54. The highest BCUT2D eigenvalue weighted by molar-refractivity contribution is 7.93. The molecule has 0 unspecified atom stereocenters. The summed E-state index contributed by atoms with van der Waals surface area (Å²) >= 11 is 0. The molecule has 0 saturated heterocycles. The lowest BCUT2D eigenvalue weighted by molar-refractivity contribution is 0.487. The highest BCUT2D eigenvalue weighted by atomic mass is 32.2. The third kappa shape index (κ3) is 14.2. The van der Waals surface area contributed by atoms with Crippen LogP contribution in [0.15, 0.2) is 0 Å². The largest absolute Gasteiger partial charge is 0.523 e. The zero-order chi connectivity index (χ0) is 19.2. The Hall–Kier alpha value is -0.680. The number of unbranched alkanes of at least 4 members (excludes halogenated alkanes) is 7. The number of rotatable bonds is 10. The van der Waals surface area contributed by atoms with Crippen molar-refractivity contribution < 1.29 is 16.8 Å². The van der Waals surface area contributed by atoms with E-state index in [2.05, 4.69) is 11.3 Å². The molecule has 0 bridgehead atoms. The molecule has 0 aliphatic heterocycles. The summed E-state index contributed by atoms with van der Waals surface area (Å²) in [6.45, 7) is 2.21. The summed E-state index contributed by atoms with van der Waals surface area (Å²) in [6, 6.07) is 0. The lowest BCUT2D eigenvalue weighted by Gasteiger charge is -2.12. The molecule has 0 atom stereocenters. The molecule has 6 nitrogen and oxygen atoms in total. The van der Waals surface area contributed by atoms with Gasteiger partial charge in [0.15, 0.2) is 0 Å². The molecule has 148 valence electrons. The van der Waals surface area contributed by atoms with Crippen LogP contribution in [0, 0.1) is 5.39 Å². The molecule has 0 aromatic carbocycles. The average Bonchev–Trinajstić information content (AvgIpc) is 2.58. The Balaban J connectivity index is 0.000000472. The lowest BCUT2D eigenvalue weighted by atomic mass is 10.0. The van der Waals surface area contributed by atoms with Gasteiger partial charge in [0.2, 0.25) is 5.39 Å². The fourth-order valence-corrected chi connectivity index (χ4v) is 4.72. The van der Waals surface area contributed by atoms with Crippen molar-refractivity contribution in [2.24, 2.45) is 0 Å². The second-order valence-electron chi connectivity index (χ2n) is 6.96. The molecule has 1 aliphatic rings. The monoisotopic (exact) mass is 395 g/mol. The molecule has 1 aliphatic carbocycles. The van der Waals surface area contributed by atoms with E-state index in [-0.39, 0.29) is 0 Å². The normalized spacial score (nSPS) is 15.9. The molecule has 1 fully saturated rings. The van der Waals surface area contributed by atoms with Crippen LogP contribution < -0.4 is 0 Å². The van der Waals surface area contributed by atoms with Crippen LogP contribution in [0.3, 0.4) is 0 Å². The van der Waals surface area contributed by atoms with Crippen molar-refractivity contribution in [2.45, 2.75) is 95.6 Å². The third-order valence-electron chi connectivity index (χ3n) is 4.46. The summed E-state index contributed by atoms with van der Waals surface area (Å²) in [6.07, 6.45) is 15.2. The van der Waals surface area contributed by atoms with Crippen LogP contribution in [0.1, 0.15) is 90.4 Å². The Kier molecular flexibility index (Phi) is 13.1. The van der Waals surface area contributed by atoms with Gasteiger partial charge in [0.05, 0.1) is 0 Å². The van der Waals surface area contributed by atoms with Crippen LogP contribution in [0.4, 0.5) is 0 Å².